The SMILES string of the molecule is CSCc1ccccc1.O=C1CCC(=O)N1Cl. The van der Waals surface area contributed by atoms with E-state index in [-0.39, 0.29) is 24.7 Å². The van der Waals surface area contributed by atoms with Gasteiger partial charge in [-0.15, -0.1) is 0 Å². The van der Waals surface area contributed by atoms with Crippen molar-refractivity contribution in [3.63, 3.8) is 0 Å². The monoisotopic (exact) mass is 271 g/mol. The number of hydrogen-bond donors (Lipinski definition) is 0. The second kappa shape index (κ2) is 7.35. The number of carbonyl (C=O) groups is 2. The van der Waals surface area contributed by atoms with E-state index < -0.39 is 0 Å². The quantitative estimate of drug-likeness (QED) is 0.613. The third kappa shape index (κ3) is 4.79. The van der Waals surface area contributed by atoms with Gasteiger partial charge < -0.3 is 0 Å². The van der Waals surface area contributed by atoms with E-state index in [4.69, 9.17) is 11.8 Å². The molecule has 1 saturated heterocycles. The zero-order valence-corrected chi connectivity index (χ0v) is 11.1. The molecule has 1 aliphatic rings. The summed E-state index contributed by atoms with van der Waals surface area (Å²) in [5.74, 6) is 0.536. The molecule has 92 valence electrons. The second-order valence-electron chi connectivity index (χ2n) is 3.49. The highest BCUT2D eigenvalue weighted by Gasteiger charge is 2.26. The van der Waals surface area contributed by atoms with Crippen molar-refractivity contribution in [2.45, 2.75) is 18.6 Å². The van der Waals surface area contributed by atoms with Crippen molar-refractivity contribution in [2.24, 2.45) is 0 Å². The molecule has 0 saturated carbocycles. The average molecular weight is 272 g/mol. The van der Waals surface area contributed by atoms with Gasteiger partial charge in [0.15, 0.2) is 0 Å². The Labute approximate surface area is 110 Å². The minimum atomic E-state index is -0.295. The van der Waals surface area contributed by atoms with Crippen LogP contribution in [0.4, 0.5) is 0 Å². The van der Waals surface area contributed by atoms with Gasteiger partial charge in [0.25, 0.3) is 0 Å². The summed E-state index contributed by atoms with van der Waals surface area (Å²) in [6.07, 6.45) is 2.65. The first-order valence-electron chi connectivity index (χ1n) is 5.19. The number of hydrogen-bond acceptors (Lipinski definition) is 3. The molecular formula is C12H14ClNO2S. The van der Waals surface area contributed by atoms with Crippen LogP contribution < -0.4 is 0 Å². The van der Waals surface area contributed by atoms with E-state index in [9.17, 15) is 9.59 Å². The summed E-state index contributed by atoms with van der Waals surface area (Å²) in [6, 6.07) is 10.5. The number of benzene rings is 1. The lowest BCUT2D eigenvalue weighted by molar-refractivity contribution is -0.132. The van der Waals surface area contributed by atoms with Gasteiger partial charge >= 0.3 is 0 Å². The molecule has 0 atom stereocenters. The number of nitrogens with zero attached hydrogens (tertiary/aromatic N) is 1. The Bertz CT molecular complexity index is 367. The smallest absolute Gasteiger partial charge is 0.244 e. The predicted octanol–water partition coefficient (Wildman–Crippen LogP) is 2.84. The average Bonchev–Trinajstić information content (AvgIpc) is 2.63. The van der Waals surface area contributed by atoms with Crippen LogP contribution in [0.25, 0.3) is 0 Å². The Kier molecular flexibility index (Phi) is 6.08. The van der Waals surface area contributed by atoms with Crippen LogP contribution in [0.1, 0.15) is 18.4 Å². The molecule has 1 aliphatic heterocycles. The van der Waals surface area contributed by atoms with Crippen molar-refractivity contribution in [1.82, 2.24) is 4.42 Å². The number of amides is 2. The van der Waals surface area contributed by atoms with Crippen LogP contribution in [-0.2, 0) is 15.3 Å². The fraction of sp³-hybridized carbons (Fsp3) is 0.333. The molecule has 1 aromatic rings. The molecule has 0 aromatic heterocycles. The topological polar surface area (TPSA) is 37.4 Å². The summed E-state index contributed by atoms with van der Waals surface area (Å²) < 4.78 is 0.639. The van der Waals surface area contributed by atoms with Gasteiger partial charge in [0, 0.05) is 30.4 Å². The summed E-state index contributed by atoms with van der Waals surface area (Å²) in [7, 11) is 0. The van der Waals surface area contributed by atoms with Gasteiger partial charge in [-0.2, -0.15) is 16.2 Å². The van der Waals surface area contributed by atoms with Crippen LogP contribution in [0.3, 0.4) is 0 Å². The number of thioether (sulfide) groups is 1. The summed E-state index contributed by atoms with van der Waals surface area (Å²) in [6.45, 7) is 0. The lowest BCUT2D eigenvalue weighted by atomic mass is 10.2. The minimum Gasteiger partial charge on any atom is -0.273 e. The van der Waals surface area contributed by atoms with Gasteiger partial charge in [-0.3, -0.25) is 9.59 Å². The highest BCUT2D eigenvalue weighted by molar-refractivity contribution is 7.97. The molecule has 3 nitrogen and oxygen atoms in total. The fourth-order valence-electron chi connectivity index (χ4n) is 1.29. The highest BCUT2D eigenvalue weighted by Crippen LogP contribution is 2.12. The van der Waals surface area contributed by atoms with Crippen molar-refractivity contribution in [1.29, 1.82) is 0 Å². The Morgan fingerprint density at radius 2 is 1.71 bits per heavy atom. The van der Waals surface area contributed by atoms with E-state index in [0.717, 1.165) is 5.75 Å². The normalized spacial score (nSPS) is 14.6. The van der Waals surface area contributed by atoms with Crippen molar-refractivity contribution >= 4 is 35.4 Å². The molecular weight excluding hydrogens is 258 g/mol. The van der Waals surface area contributed by atoms with Crippen molar-refractivity contribution in [3.05, 3.63) is 35.9 Å². The van der Waals surface area contributed by atoms with E-state index in [1.54, 1.807) is 0 Å². The van der Waals surface area contributed by atoms with E-state index >= 15 is 0 Å². The first-order chi connectivity index (χ1) is 8.15. The lowest BCUT2D eigenvalue weighted by Gasteiger charge is -1.96. The summed E-state index contributed by atoms with van der Waals surface area (Å²) in [5.41, 5.74) is 1.41. The van der Waals surface area contributed by atoms with Crippen LogP contribution in [0.5, 0.6) is 0 Å². The van der Waals surface area contributed by atoms with Crippen molar-refractivity contribution in [2.75, 3.05) is 6.26 Å². The second-order valence-corrected chi connectivity index (χ2v) is 4.69. The van der Waals surface area contributed by atoms with Crippen LogP contribution in [0.2, 0.25) is 0 Å². The molecule has 0 unspecified atom stereocenters. The Balaban J connectivity index is 0.000000171. The largest absolute Gasteiger partial charge is 0.273 e. The summed E-state index contributed by atoms with van der Waals surface area (Å²) in [4.78, 5) is 20.7. The molecule has 0 aliphatic carbocycles. The lowest BCUT2D eigenvalue weighted by Crippen LogP contribution is -2.16. The van der Waals surface area contributed by atoms with Gasteiger partial charge in [0.2, 0.25) is 11.8 Å². The Hall–Kier alpha value is -1.00. The predicted molar refractivity (Wildman–Crippen MR) is 70.6 cm³/mol. The van der Waals surface area contributed by atoms with Gasteiger partial charge in [-0.25, -0.2) is 0 Å². The molecule has 0 radical (unpaired) electrons. The van der Waals surface area contributed by atoms with Gasteiger partial charge in [-0.1, -0.05) is 30.3 Å². The van der Waals surface area contributed by atoms with Crippen LogP contribution in [-0.4, -0.2) is 22.5 Å². The van der Waals surface area contributed by atoms with Gasteiger partial charge in [0.05, 0.1) is 0 Å². The molecule has 0 N–H and O–H groups in total. The third-order valence-electron chi connectivity index (χ3n) is 2.14. The molecule has 0 spiro atoms. The minimum absolute atomic E-state index is 0.266. The number of carbonyl (C=O) groups excluding carboxylic acids is 2. The zero-order valence-electron chi connectivity index (χ0n) is 9.56. The molecule has 5 heteroatoms. The van der Waals surface area contributed by atoms with Crippen LogP contribution in [0, 0.1) is 0 Å². The maximum atomic E-state index is 10.4. The van der Waals surface area contributed by atoms with E-state index in [1.807, 2.05) is 17.8 Å². The van der Waals surface area contributed by atoms with E-state index in [1.165, 1.54) is 5.56 Å². The Morgan fingerprint density at radius 1 is 1.18 bits per heavy atom. The summed E-state index contributed by atoms with van der Waals surface area (Å²) >= 11 is 7.00. The number of imide groups is 1. The molecule has 1 aromatic carbocycles. The molecule has 17 heavy (non-hydrogen) atoms. The van der Waals surface area contributed by atoms with Crippen molar-refractivity contribution < 1.29 is 9.59 Å². The number of halogens is 1. The third-order valence-corrected chi connectivity index (χ3v) is 3.14. The molecule has 2 rings (SSSR count). The molecule has 1 fully saturated rings. The van der Waals surface area contributed by atoms with Gasteiger partial charge in [-0.05, 0) is 11.8 Å². The fourth-order valence-corrected chi connectivity index (χ4v) is 1.98. The first-order valence-corrected chi connectivity index (χ1v) is 6.92. The first kappa shape index (κ1) is 14.1. The maximum absolute atomic E-state index is 10.4. The van der Waals surface area contributed by atoms with E-state index in [0.29, 0.717) is 4.42 Å². The summed E-state index contributed by atoms with van der Waals surface area (Å²) in [5, 5.41) is 0. The highest BCUT2D eigenvalue weighted by atomic mass is 35.5. The van der Waals surface area contributed by atoms with Crippen molar-refractivity contribution in [3.8, 4) is 0 Å². The standard InChI is InChI=1S/C8H10S.C4H4ClNO2/c1-9-7-8-5-3-2-4-6-8;5-6-3(7)1-2-4(6)8/h2-6H,7H2,1H3;1-2H2. The molecule has 2 amide bonds. The maximum Gasteiger partial charge on any atom is 0.244 e. The van der Waals surface area contributed by atoms with Crippen LogP contribution in [0.15, 0.2) is 30.3 Å². The Morgan fingerprint density at radius 3 is 2.06 bits per heavy atom. The van der Waals surface area contributed by atoms with Gasteiger partial charge in [0.1, 0.15) is 0 Å². The van der Waals surface area contributed by atoms with E-state index in [2.05, 4.69) is 30.5 Å². The molecule has 1 heterocycles. The van der Waals surface area contributed by atoms with Crippen LogP contribution >= 0.6 is 23.5 Å². The zero-order chi connectivity index (χ0) is 12.7. The molecule has 0 bridgehead atoms. The number of rotatable bonds is 2.